The molecule has 0 saturated carbocycles. The van der Waals surface area contributed by atoms with Crippen LogP contribution in [-0.2, 0) is 4.74 Å². The number of aliphatic hydroxyl groups is 4. The maximum absolute atomic E-state index is 9.20. The fraction of sp³-hybridized carbons (Fsp3) is 1.00. The molecule has 0 radical (unpaired) electrons. The van der Waals surface area contributed by atoms with Crippen molar-refractivity contribution in [3.8, 4) is 0 Å². The van der Waals surface area contributed by atoms with E-state index < -0.39 is 30.7 Å². The maximum Gasteiger partial charge on any atom is 0.184 e. The van der Waals surface area contributed by atoms with E-state index in [-0.39, 0.29) is 6.54 Å². The summed E-state index contributed by atoms with van der Waals surface area (Å²) in [7, 11) is 0. The van der Waals surface area contributed by atoms with Crippen LogP contribution in [0, 0.1) is 0 Å². The lowest BCUT2D eigenvalue weighted by atomic mass is 9.99. The molecule has 1 saturated heterocycles. The van der Waals surface area contributed by atoms with Gasteiger partial charge in [0.05, 0.1) is 0 Å². The summed E-state index contributed by atoms with van der Waals surface area (Å²) in [5.41, 5.74) is 5.17. The minimum Gasteiger partial charge on any atom is -0.388 e. The van der Waals surface area contributed by atoms with Crippen molar-refractivity contribution >= 4 is 0 Å². The quantitative estimate of drug-likeness (QED) is 0.288. The van der Waals surface area contributed by atoms with E-state index in [1.807, 2.05) is 0 Å². The Morgan fingerprint density at radius 3 is 2.08 bits per heavy atom. The predicted molar refractivity (Wildman–Crippen MR) is 38.0 cm³/mol. The van der Waals surface area contributed by atoms with Gasteiger partial charge in [0.2, 0.25) is 0 Å². The Labute approximate surface area is 69.2 Å². The van der Waals surface area contributed by atoms with E-state index in [4.69, 9.17) is 25.8 Å². The van der Waals surface area contributed by atoms with Crippen LogP contribution in [0.5, 0.6) is 0 Å². The lowest BCUT2D eigenvalue weighted by Crippen LogP contribution is -2.59. The predicted octanol–water partition coefficient (Wildman–Crippen LogP) is -3.25. The summed E-state index contributed by atoms with van der Waals surface area (Å²) < 4.78 is 4.70. The molecule has 6 heteroatoms. The first-order valence-electron chi connectivity index (χ1n) is 3.65. The molecule has 0 aromatic heterocycles. The van der Waals surface area contributed by atoms with Crippen molar-refractivity contribution in [1.82, 2.24) is 0 Å². The molecule has 6 N–H and O–H groups in total. The van der Waals surface area contributed by atoms with Gasteiger partial charge in [0, 0.05) is 6.54 Å². The zero-order valence-corrected chi connectivity index (χ0v) is 6.37. The third-order valence-corrected chi connectivity index (χ3v) is 1.92. The highest BCUT2D eigenvalue weighted by atomic mass is 16.6. The molecule has 0 aliphatic carbocycles. The lowest BCUT2D eigenvalue weighted by Gasteiger charge is -2.37. The highest BCUT2D eigenvalue weighted by Gasteiger charge is 2.42. The number of aliphatic hydroxyl groups excluding tert-OH is 4. The zero-order valence-electron chi connectivity index (χ0n) is 6.37. The van der Waals surface area contributed by atoms with Crippen LogP contribution in [0.15, 0.2) is 0 Å². The van der Waals surface area contributed by atoms with Gasteiger partial charge in [0.15, 0.2) is 6.29 Å². The summed E-state index contributed by atoms with van der Waals surface area (Å²) in [6.45, 7) is -0.0258. The lowest BCUT2D eigenvalue weighted by molar-refractivity contribution is -0.279. The SMILES string of the molecule is NC[C@H]1OC(O)[C@@H](O)[C@H](O)C1O. The number of ether oxygens (including phenoxy) is 1. The Kier molecular flexibility index (Phi) is 2.99. The van der Waals surface area contributed by atoms with Gasteiger partial charge in [-0.25, -0.2) is 0 Å². The summed E-state index contributed by atoms with van der Waals surface area (Å²) in [5.74, 6) is 0. The Balaban J connectivity index is 2.63. The second-order valence-corrected chi connectivity index (χ2v) is 2.77. The smallest absolute Gasteiger partial charge is 0.184 e. The Morgan fingerprint density at radius 1 is 1.00 bits per heavy atom. The molecule has 6 nitrogen and oxygen atoms in total. The molecule has 1 aliphatic rings. The largest absolute Gasteiger partial charge is 0.388 e. The van der Waals surface area contributed by atoms with Crippen LogP contribution in [0.3, 0.4) is 0 Å². The fourth-order valence-corrected chi connectivity index (χ4v) is 1.13. The standard InChI is InChI=1S/C6H13NO5/c7-1-2-3(8)4(9)5(10)6(11)12-2/h2-6,8-11H,1,7H2/t2-,3?,4-,5+,6?/m1/s1. The minimum absolute atomic E-state index is 0.0258. The number of nitrogens with two attached hydrogens (primary N) is 1. The van der Waals surface area contributed by atoms with Crippen molar-refractivity contribution in [2.45, 2.75) is 30.7 Å². The molecule has 5 atom stereocenters. The van der Waals surface area contributed by atoms with Crippen molar-refractivity contribution in [1.29, 1.82) is 0 Å². The maximum atomic E-state index is 9.20. The molecule has 12 heavy (non-hydrogen) atoms. The van der Waals surface area contributed by atoms with Gasteiger partial charge in [-0.05, 0) is 0 Å². The monoisotopic (exact) mass is 179 g/mol. The molecule has 1 heterocycles. The average Bonchev–Trinajstić information content (AvgIpc) is 2.08. The van der Waals surface area contributed by atoms with Crippen molar-refractivity contribution in [3.63, 3.8) is 0 Å². The molecular weight excluding hydrogens is 166 g/mol. The van der Waals surface area contributed by atoms with Crippen LogP contribution < -0.4 is 5.73 Å². The van der Waals surface area contributed by atoms with Crippen LogP contribution >= 0.6 is 0 Å². The molecule has 0 amide bonds. The summed E-state index contributed by atoms with van der Waals surface area (Å²) >= 11 is 0. The molecule has 1 fully saturated rings. The fourth-order valence-electron chi connectivity index (χ4n) is 1.13. The van der Waals surface area contributed by atoms with Crippen molar-refractivity contribution in [2.24, 2.45) is 5.73 Å². The highest BCUT2D eigenvalue weighted by molar-refractivity contribution is 4.88. The average molecular weight is 179 g/mol. The van der Waals surface area contributed by atoms with E-state index in [2.05, 4.69) is 0 Å². The van der Waals surface area contributed by atoms with Crippen molar-refractivity contribution in [2.75, 3.05) is 6.54 Å². The number of hydrogen-bond donors (Lipinski definition) is 5. The summed E-state index contributed by atoms with van der Waals surface area (Å²) in [5, 5.41) is 36.3. The Morgan fingerprint density at radius 2 is 1.58 bits per heavy atom. The minimum atomic E-state index is -1.49. The Bertz CT molecular complexity index is 150. The first kappa shape index (κ1) is 9.85. The van der Waals surface area contributed by atoms with Gasteiger partial charge in [0.1, 0.15) is 24.4 Å². The van der Waals surface area contributed by atoms with E-state index in [1.165, 1.54) is 0 Å². The van der Waals surface area contributed by atoms with Crippen LogP contribution in [0.4, 0.5) is 0 Å². The molecule has 1 rings (SSSR count). The molecule has 1 aliphatic heterocycles. The van der Waals surface area contributed by atoms with Crippen LogP contribution in [0.2, 0.25) is 0 Å². The normalized spacial score (nSPS) is 49.2. The third kappa shape index (κ3) is 1.58. The van der Waals surface area contributed by atoms with Gasteiger partial charge in [-0.15, -0.1) is 0 Å². The van der Waals surface area contributed by atoms with E-state index >= 15 is 0 Å². The van der Waals surface area contributed by atoms with E-state index in [0.717, 1.165) is 0 Å². The van der Waals surface area contributed by atoms with Gasteiger partial charge < -0.3 is 30.9 Å². The number of hydrogen-bond acceptors (Lipinski definition) is 6. The van der Waals surface area contributed by atoms with Gasteiger partial charge in [-0.1, -0.05) is 0 Å². The van der Waals surface area contributed by atoms with E-state index in [1.54, 1.807) is 0 Å². The summed E-state index contributed by atoms with van der Waals surface area (Å²) in [6.07, 6.45) is -6.48. The van der Waals surface area contributed by atoms with Crippen LogP contribution in [-0.4, -0.2) is 57.7 Å². The van der Waals surface area contributed by atoms with Gasteiger partial charge in [0.25, 0.3) is 0 Å². The molecule has 2 unspecified atom stereocenters. The highest BCUT2D eigenvalue weighted by Crippen LogP contribution is 2.18. The molecule has 0 spiro atoms. The third-order valence-electron chi connectivity index (χ3n) is 1.92. The van der Waals surface area contributed by atoms with Gasteiger partial charge >= 0.3 is 0 Å². The second kappa shape index (κ2) is 3.65. The number of rotatable bonds is 1. The first-order chi connectivity index (χ1) is 5.57. The molecular formula is C6H13NO5. The van der Waals surface area contributed by atoms with E-state index in [0.29, 0.717) is 0 Å². The zero-order chi connectivity index (χ0) is 9.30. The van der Waals surface area contributed by atoms with Crippen molar-refractivity contribution < 1.29 is 25.2 Å². The van der Waals surface area contributed by atoms with Crippen LogP contribution in [0.25, 0.3) is 0 Å². The first-order valence-corrected chi connectivity index (χ1v) is 3.65. The molecule has 72 valence electrons. The molecule has 0 aromatic carbocycles. The van der Waals surface area contributed by atoms with Crippen LogP contribution in [0.1, 0.15) is 0 Å². The van der Waals surface area contributed by atoms with Gasteiger partial charge in [-0.2, -0.15) is 0 Å². The summed E-state index contributed by atoms with van der Waals surface area (Å²) in [6, 6.07) is 0. The molecule has 0 aromatic rings. The van der Waals surface area contributed by atoms with Crippen molar-refractivity contribution in [3.05, 3.63) is 0 Å². The topological polar surface area (TPSA) is 116 Å². The second-order valence-electron chi connectivity index (χ2n) is 2.77. The Hall–Kier alpha value is -0.240. The molecule has 0 bridgehead atoms. The van der Waals surface area contributed by atoms with Gasteiger partial charge in [-0.3, -0.25) is 0 Å². The van der Waals surface area contributed by atoms with E-state index in [9.17, 15) is 5.11 Å². The summed E-state index contributed by atoms with van der Waals surface area (Å²) in [4.78, 5) is 0.